The summed E-state index contributed by atoms with van der Waals surface area (Å²) in [4.78, 5) is 13.9. The third-order valence-electron chi connectivity index (χ3n) is 7.33. The lowest BCUT2D eigenvalue weighted by Gasteiger charge is -2.39. The van der Waals surface area contributed by atoms with Gasteiger partial charge in [-0.25, -0.2) is 0 Å². The van der Waals surface area contributed by atoms with Crippen LogP contribution in [0.25, 0.3) is 22.3 Å². The molecule has 0 spiro atoms. The molecule has 1 aromatic heterocycles. The lowest BCUT2D eigenvalue weighted by Crippen LogP contribution is -2.60. The van der Waals surface area contributed by atoms with Crippen LogP contribution < -0.4 is 14.9 Å². The minimum atomic E-state index is -1.95. The average molecular weight is 627 g/mol. The third-order valence-corrected chi connectivity index (χ3v) is 7.33. The first kappa shape index (κ1) is 31.7. The number of ether oxygens (including phenoxy) is 4. The van der Waals surface area contributed by atoms with E-state index in [0.29, 0.717) is 6.07 Å². The van der Waals surface area contributed by atoms with Crippen molar-refractivity contribution in [3.05, 3.63) is 40.6 Å². The van der Waals surface area contributed by atoms with Crippen molar-refractivity contribution in [2.45, 2.75) is 61.4 Å². The number of phenols is 3. The molecular formula is C27H30O17. The standard InChI is InChI=1S/C27H30O17/c28-6-12-15(33)18(36)20(38)26(40-12)43-23-11(32)5-10(31)14-17(35)25(22(42-24(14)23)8-1-3-9(30)4-2-8)44-27-21(39)19(37)16(34)13(7-29)41-27/h1-5,12-13,15-16,18-21,26-34,36-39H,6-7H2. The van der Waals surface area contributed by atoms with Gasteiger partial charge in [-0.3, -0.25) is 4.79 Å². The molecule has 10 atom stereocenters. The molecular weight excluding hydrogens is 596 g/mol. The number of rotatable bonds is 7. The Morgan fingerprint density at radius 3 is 1.66 bits per heavy atom. The summed E-state index contributed by atoms with van der Waals surface area (Å²) in [6.45, 7) is -1.60. The van der Waals surface area contributed by atoms with Gasteiger partial charge in [0.15, 0.2) is 17.1 Å². The van der Waals surface area contributed by atoms with E-state index in [2.05, 4.69) is 0 Å². The number of aliphatic hydroxyl groups is 8. The Labute approximate surface area is 246 Å². The van der Waals surface area contributed by atoms with Crippen LogP contribution >= 0.6 is 0 Å². The van der Waals surface area contributed by atoms with Crippen LogP contribution in [0.2, 0.25) is 0 Å². The van der Waals surface area contributed by atoms with Crippen molar-refractivity contribution in [3.8, 4) is 40.1 Å². The van der Waals surface area contributed by atoms with Crippen molar-refractivity contribution in [3.63, 3.8) is 0 Å². The van der Waals surface area contributed by atoms with Crippen molar-refractivity contribution in [2.75, 3.05) is 13.2 Å². The second-order valence-corrected chi connectivity index (χ2v) is 10.2. The molecule has 17 heteroatoms. The first-order valence-electron chi connectivity index (χ1n) is 13.2. The first-order valence-corrected chi connectivity index (χ1v) is 13.2. The minimum Gasteiger partial charge on any atom is -0.508 e. The van der Waals surface area contributed by atoms with Crippen LogP contribution in [0.3, 0.4) is 0 Å². The molecule has 2 aliphatic heterocycles. The highest BCUT2D eigenvalue weighted by atomic mass is 16.7. The van der Waals surface area contributed by atoms with Crippen LogP contribution in [0.4, 0.5) is 0 Å². The number of aromatic hydroxyl groups is 3. The third kappa shape index (κ3) is 5.50. The van der Waals surface area contributed by atoms with Crippen molar-refractivity contribution >= 4 is 11.0 Å². The Kier molecular flexibility index (Phi) is 8.87. The van der Waals surface area contributed by atoms with Gasteiger partial charge in [-0.1, -0.05) is 0 Å². The van der Waals surface area contributed by atoms with E-state index >= 15 is 0 Å². The lowest BCUT2D eigenvalue weighted by molar-refractivity contribution is -0.277. The monoisotopic (exact) mass is 626 g/mol. The van der Waals surface area contributed by atoms with E-state index in [1.807, 2.05) is 0 Å². The Morgan fingerprint density at radius 2 is 1.16 bits per heavy atom. The SMILES string of the molecule is O=c1c(OC2OC(CO)C(O)C(O)C2O)c(-c2ccc(O)cc2)oc2c(OC3OC(CO)C(O)C(O)C3O)c(O)cc(O)c12. The van der Waals surface area contributed by atoms with E-state index in [4.69, 9.17) is 23.4 Å². The molecule has 3 aromatic rings. The molecule has 44 heavy (non-hydrogen) atoms. The highest BCUT2D eigenvalue weighted by Gasteiger charge is 2.47. The Hall–Kier alpha value is -3.75. The zero-order valence-electron chi connectivity index (χ0n) is 22.4. The quantitative estimate of drug-likeness (QED) is 0.124. The topological polar surface area (TPSA) is 290 Å². The van der Waals surface area contributed by atoms with E-state index in [1.54, 1.807) is 0 Å². The number of aliphatic hydroxyl groups excluding tert-OH is 8. The fraction of sp³-hybridized carbons (Fsp3) is 0.444. The summed E-state index contributed by atoms with van der Waals surface area (Å²) in [5, 5.41) is 111. The Morgan fingerprint density at radius 1 is 0.659 bits per heavy atom. The van der Waals surface area contributed by atoms with Crippen LogP contribution in [0.1, 0.15) is 0 Å². The fourth-order valence-corrected chi connectivity index (χ4v) is 4.88. The van der Waals surface area contributed by atoms with Crippen molar-refractivity contribution in [2.24, 2.45) is 0 Å². The molecule has 2 aromatic carbocycles. The van der Waals surface area contributed by atoms with E-state index in [1.165, 1.54) is 24.3 Å². The summed E-state index contributed by atoms with van der Waals surface area (Å²) in [7, 11) is 0. The highest BCUT2D eigenvalue weighted by Crippen LogP contribution is 2.44. The van der Waals surface area contributed by atoms with Gasteiger partial charge >= 0.3 is 0 Å². The molecule has 2 fully saturated rings. The average Bonchev–Trinajstić information content (AvgIpc) is 3.00. The van der Waals surface area contributed by atoms with Gasteiger partial charge in [0.1, 0.15) is 65.7 Å². The Balaban J connectivity index is 1.67. The number of fused-ring (bicyclic) bond motifs is 1. The second kappa shape index (κ2) is 12.3. The lowest BCUT2D eigenvalue weighted by atomic mass is 9.99. The van der Waals surface area contributed by atoms with Crippen LogP contribution in [0, 0.1) is 0 Å². The molecule has 0 radical (unpaired) electrons. The van der Waals surface area contributed by atoms with Crippen LogP contribution in [0.5, 0.6) is 28.7 Å². The number of phenolic OH excluding ortho intramolecular Hbond substituents is 3. The maximum atomic E-state index is 13.9. The summed E-state index contributed by atoms with van der Waals surface area (Å²) in [6.07, 6.45) is -17.6. The van der Waals surface area contributed by atoms with E-state index in [9.17, 15) is 61.0 Å². The second-order valence-electron chi connectivity index (χ2n) is 10.2. The molecule has 11 N–H and O–H groups in total. The van der Waals surface area contributed by atoms with Crippen molar-refractivity contribution in [1.29, 1.82) is 0 Å². The maximum absolute atomic E-state index is 13.9. The fourth-order valence-electron chi connectivity index (χ4n) is 4.88. The van der Waals surface area contributed by atoms with Crippen LogP contribution in [-0.4, -0.2) is 131 Å². The molecule has 0 bridgehead atoms. The summed E-state index contributed by atoms with van der Waals surface area (Å²) >= 11 is 0. The van der Waals surface area contributed by atoms with Gasteiger partial charge < -0.3 is 79.5 Å². The molecule has 0 amide bonds. The summed E-state index contributed by atoms with van der Waals surface area (Å²) < 4.78 is 27.8. The van der Waals surface area contributed by atoms with E-state index in [-0.39, 0.29) is 11.3 Å². The molecule has 2 saturated heterocycles. The highest BCUT2D eigenvalue weighted by molar-refractivity contribution is 5.93. The molecule has 0 saturated carbocycles. The van der Waals surface area contributed by atoms with Gasteiger partial charge in [0.2, 0.25) is 29.5 Å². The first-order chi connectivity index (χ1) is 20.9. The molecule has 240 valence electrons. The minimum absolute atomic E-state index is 0.0445. The largest absolute Gasteiger partial charge is 0.508 e. The van der Waals surface area contributed by atoms with E-state index < -0.39 is 120 Å². The molecule has 3 heterocycles. The van der Waals surface area contributed by atoms with Crippen molar-refractivity contribution < 1.29 is 79.5 Å². The van der Waals surface area contributed by atoms with Crippen molar-refractivity contribution in [1.82, 2.24) is 0 Å². The molecule has 10 unspecified atom stereocenters. The van der Waals surface area contributed by atoms with Gasteiger partial charge in [0, 0.05) is 11.6 Å². The van der Waals surface area contributed by atoms with Gasteiger partial charge in [-0.05, 0) is 24.3 Å². The van der Waals surface area contributed by atoms with Crippen LogP contribution in [-0.2, 0) is 9.47 Å². The maximum Gasteiger partial charge on any atom is 0.239 e. The normalized spacial score (nSPS) is 32.5. The molecule has 5 rings (SSSR count). The predicted molar refractivity (Wildman–Crippen MR) is 142 cm³/mol. The van der Waals surface area contributed by atoms with Gasteiger partial charge in [-0.2, -0.15) is 0 Å². The van der Waals surface area contributed by atoms with Gasteiger partial charge in [-0.15, -0.1) is 0 Å². The molecule has 2 aliphatic rings. The van der Waals surface area contributed by atoms with Gasteiger partial charge in [0.25, 0.3) is 0 Å². The molecule has 17 nitrogen and oxygen atoms in total. The summed E-state index contributed by atoms with van der Waals surface area (Å²) in [5.74, 6) is -3.76. The zero-order valence-corrected chi connectivity index (χ0v) is 22.4. The van der Waals surface area contributed by atoms with Crippen LogP contribution in [0.15, 0.2) is 39.5 Å². The number of hydrogen-bond acceptors (Lipinski definition) is 17. The predicted octanol–water partition coefficient (Wildman–Crippen LogP) is -3.07. The number of benzene rings is 2. The number of hydrogen-bond donors (Lipinski definition) is 11. The smallest absolute Gasteiger partial charge is 0.239 e. The van der Waals surface area contributed by atoms with E-state index in [0.717, 1.165) is 0 Å². The summed E-state index contributed by atoms with van der Waals surface area (Å²) in [6, 6.07) is 5.65. The summed E-state index contributed by atoms with van der Waals surface area (Å²) in [5.41, 5.74) is -1.75. The molecule has 0 aliphatic carbocycles. The zero-order chi connectivity index (χ0) is 32.0. The Bertz CT molecular complexity index is 1540. The van der Waals surface area contributed by atoms with Gasteiger partial charge in [0.05, 0.1) is 13.2 Å².